The maximum absolute atomic E-state index is 9.39. The van der Waals surface area contributed by atoms with Crippen molar-refractivity contribution in [1.82, 2.24) is 0 Å². The highest BCUT2D eigenvalue weighted by atomic mass is 16.5. The third-order valence-corrected chi connectivity index (χ3v) is 5.05. The molecule has 0 bridgehead atoms. The summed E-state index contributed by atoms with van der Waals surface area (Å²) in [7, 11) is 3.28. The summed E-state index contributed by atoms with van der Waals surface area (Å²) < 4.78 is 10.6. The molecule has 4 rings (SSSR count). The lowest BCUT2D eigenvalue weighted by atomic mass is 9.94. The molecule has 0 heterocycles. The fourth-order valence-corrected chi connectivity index (χ4v) is 3.69. The number of hydrogen-bond donors (Lipinski definition) is 0. The molecule has 0 radical (unpaired) electrons. The third-order valence-electron chi connectivity index (χ3n) is 5.05. The average molecular weight is 369 g/mol. The van der Waals surface area contributed by atoms with Crippen molar-refractivity contribution in [2.75, 3.05) is 14.2 Å². The van der Waals surface area contributed by atoms with Gasteiger partial charge in [0.1, 0.15) is 17.0 Å². The molecule has 28 heavy (non-hydrogen) atoms. The van der Waals surface area contributed by atoms with E-state index in [1.165, 1.54) is 0 Å². The quantitative estimate of drug-likeness (QED) is 0.311. The Hall–Kier alpha value is -3.69. The van der Waals surface area contributed by atoms with Gasteiger partial charge in [-0.05, 0) is 57.6 Å². The van der Waals surface area contributed by atoms with Crippen molar-refractivity contribution in [2.24, 2.45) is 5.11 Å². The topological polar surface area (TPSA) is 67.2 Å². The molecule has 0 aliphatic heterocycles. The molecule has 0 fully saturated rings. The van der Waals surface area contributed by atoms with E-state index in [1.807, 2.05) is 78.9 Å². The lowest BCUT2D eigenvalue weighted by molar-refractivity contribution is 0.414. The number of nitrogens with zero attached hydrogens (tertiary/aromatic N) is 3. The largest absolute Gasteiger partial charge is 0.497 e. The van der Waals surface area contributed by atoms with Crippen molar-refractivity contribution < 1.29 is 9.47 Å². The van der Waals surface area contributed by atoms with Crippen LogP contribution in [0.5, 0.6) is 11.5 Å². The van der Waals surface area contributed by atoms with Crippen molar-refractivity contribution in [3.8, 4) is 11.5 Å². The van der Waals surface area contributed by atoms with E-state index >= 15 is 0 Å². The van der Waals surface area contributed by atoms with Crippen LogP contribution in [0.4, 0.5) is 0 Å². The molecule has 1 aliphatic rings. The van der Waals surface area contributed by atoms with Gasteiger partial charge in [-0.15, -0.1) is 0 Å². The standard InChI is InChI=1S/C23H19N3O2/c1-27-19-12-8-16(9-13-19)21-22(17-10-14-20(28-2)15-11-17)23(21,25-26-24)18-6-4-3-5-7-18/h3-15H,1-2H3. The number of rotatable bonds is 6. The molecule has 3 aromatic carbocycles. The number of ether oxygens (including phenoxy) is 2. The van der Waals surface area contributed by atoms with E-state index in [9.17, 15) is 5.53 Å². The molecule has 138 valence electrons. The zero-order valence-electron chi connectivity index (χ0n) is 15.7. The zero-order chi connectivity index (χ0) is 19.6. The van der Waals surface area contributed by atoms with Gasteiger partial charge in [0.2, 0.25) is 0 Å². The minimum atomic E-state index is -0.820. The molecule has 0 atom stereocenters. The van der Waals surface area contributed by atoms with Gasteiger partial charge in [-0.25, -0.2) is 0 Å². The van der Waals surface area contributed by atoms with Gasteiger partial charge in [0, 0.05) is 4.91 Å². The third kappa shape index (κ3) is 2.79. The summed E-state index contributed by atoms with van der Waals surface area (Å²) in [5.74, 6) is 1.56. The van der Waals surface area contributed by atoms with Gasteiger partial charge in [0.05, 0.1) is 14.2 Å². The molecule has 0 aromatic heterocycles. The summed E-state index contributed by atoms with van der Waals surface area (Å²) in [6, 6.07) is 25.5. The van der Waals surface area contributed by atoms with Gasteiger partial charge in [0.25, 0.3) is 0 Å². The van der Waals surface area contributed by atoms with Crippen LogP contribution in [0.15, 0.2) is 84.0 Å². The maximum Gasteiger partial charge on any atom is 0.126 e. The van der Waals surface area contributed by atoms with Gasteiger partial charge in [-0.1, -0.05) is 59.7 Å². The van der Waals surface area contributed by atoms with Crippen LogP contribution >= 0.6 is 0 Å². The van der Waals surface area contributed by atoms with Crippen LogP contribution in [-0.2, 0) is 5.54 Å². The predicted octanol–water partition coefficient (Wildman–Crippen LogP) is 5.83. The molecule has 0 saturated carbocycles. The molecule has 5 nitrogen and oxygen atoms in total. The molecule has 3 aromatic rings. The predicted molar refractivity (Wildman–Crippen MR) is 110 cm³/mol. The SMILES string of the molecule is COc1ccc(C2=C(c3ccc(OC)cc3)C2(N=[N+]=[N-])c2ccccc2)cc1. The smallest absolute Gasteiger partial charge is 0.126 e. The fraction of sp³-hybridized carbons (Fsp3) is 0.130. The van der Waals surface area contributed by atoms with Crippen LogP contribution < -0.4 is 9.47 Å². The van der Waals surface area contributed by atoms with E-state index in [2.05, 4.69) is 10.0 Å². The summed E-state index contributed by atoms with van der Waals surface area (Å²) in [6.45, 7) is 0. The minimum absolute atomic E-state index is 0.782. The first-order valence-electron chi connectivity index (χ1n) is 8.90. The zero-order valence-corrected chi connectivity index (χ0v) is 15.7. The highest BCUT2D eigenvalue weighted by Crippen LogP contribution is 2.65. The normalized spacial score (nSPS) is 14.2. The summed E-state index contributed by atoms with van der Waals surface area (Å²) in [6.07, 6.45) is 0. The Morgan fingerprint density at radius 1 is 0.714 bits per heavy atom. The van der Waals surface area contributed by atoms with E-state index in [1.54, 1.807) is 14.2 Å². The monoisotopic (exact) mass is 369 g/mol. The molecule has 0 unspecified atom stereocenters. The molecule has 0 amide bonds. The van der Waals surface area contributed by atoms with Gasteiger partial charge in [0.15, 0.2) is 0 Å². The second-order valence-corrected chi connectivity index (χ2v) is 6.47. The summed E-state index contributed by atoms with van der Waals surface area (Å²) in [4.78, 5) is 3.20. The Labute approximate surface area is 163 Å². The Morgan fingerprint density at radius 3 is 1.57 bits per heavy atom. The van der Waals surface area contributed by atoms with E-state index in [-0.39, 0.29) is 0 Å². The lowest BCUT2D eigenvalue weighted by Gasteiger charge is -2.15. The van der Waals surface area contributed by atoms with Crippen LogP contribution in [0.1, 0.15) is 16.7 Å². The number of methoxy groups -OCH3 is 2. The number of benzene rings is 3. The van der Waals surface area contributed by atoms with E-state index in [0.29, 0.717) is 0 Å². The van der Waals surface area contributed by atoms with Gasteiger partial charge >= 0.3 is 0 Å². The summed E-state index contributed by atoms with van der Waals surface area (Å²) in [5, 5.41) is 4.28. The average Bonchev–Trinajstić information content (AvgIpc) is 3.44. The number of hydrogen-bond acceptors (Lipinski definition) is 3. The first kappa shape index (κ1) is 17.7. The van der Waals surface area contributed by atoms with Crippen LogP contribution in [0, 0.1) is 0 Å². The molecule has 0 saturated heterocycles. The molecular formula is C23H19N3O2. The summed E-state index contributed by atoms with van der Waals surface area (Å²) in [5.41, 5.74) is 13.5. The minimum Gasteiger partial charge on any atom is -0.497 e. The Kier molecular flexibility index (Phi) is 4.52. The van der Waals surface area contributed by atoms with Gasteiger partial charge < -0.3 is 9.47 Å². The van der Waals surface area contributed by atoms with Gasteiger partial charge in [-0.2, -0.15) is 0 Å². The highest BCUT2D eigenvalue weighted by Gasteiger charge is 2.55. The molecule has 0 N–H and O–H groups in total. The van der Waals surface area contributed by atoms with Crippen LogP contribution in [0.3, 0.4) is 0 Å². The van der Waals surface area contributed by atoms with Crippen molar-refractivity contribution >= 4 is 11.1 Å². The van der Waals surface area contributed by atoms with Crippen molar-refractivity contribution in [2.45, 2.75) is 5.54 Å². The van der Waals surface area contributed by atoms with Crippen molar-refractivity contribution in [3.05, 3.63) is 106 Å². The van der Waals surface area contributed by atoms with Crippen molar-refractivity contribution in [1.29, 1.82) is 0 Å². The van der Waals surface area contributed by atoms with Crippen molar-refractivity contribution in [3.63, 3.8) is 0 Å². The van der Waals surface area contributed by atoms with E-state index in [0.717, 1.165) is 39.3 Å². The first-order chi connectivity index (χ1) is 13.7. The summed E-state index contributed by atoms with van der Waals surface area (Å²) >= 11 is 0. The van der Waals surface area contributed by atoms with E-state index < -0.39 is 5.54 Å². The molecule has 1 aliphatic carbocycles. The second-order valence-electron chi connectivity index (χ2n) is 6.47. The van der Waals surface area contributed by atoms with Crippen LogP contribution in [0.25, 0.3) is 21.6 Å². The molecule has 0 spiro atoms. The highest BCUT2D eigenvalue weighted by molar-refractivity contribution is 6.18. The Balaban J connectivity index is 1.90. The molecule has 5 heteroatoms. The number of azide groups is 1. The molecular weight excluding hydrogens is 350 g/mol. The first-order valence-corrected chi connectivity index (χ1v) is 8.90. The van der Waals surface area contributed by atoms with Crippen LogP contribution in [-0.4, -0.2) is 14.2 Å². The van der Waals surface area contributed by atoms with Crippen LogP contribution in [0.2, 0.25) is 0 Å². The lowest BCUT2D eigenvalue weighted by Crippen LogP contribution is -2.09. The maximum atomic E-state index is 9.39. The van der Waals surface area contributed by atoms with Gasteiger partial charge in [-0.3, -0.25) is 0 Å². The Bertz CT molecular complexity index is 1010. The fourth-order valence-electron chi connectivity index (χ4n) is 3.69. The second kappa shape index (κ2) is 7.14. The van der Waals surface area contributed by atoms with E-state index in [4.69, 9.17) is 9.47 Å². The Morgan fingerprint density at radius 2 is 1.18 bits per heavy atom.